The fraction of sp³-hybridized carbons (Fsp3) is 0.100. The molecule has 1 amide bonds. The van der Waals surface area contributed by atoms with Crippen molar-refractivity contribution < 1.29 is 4.79 Å². The van der Waals surface area contributed by atoms with Crippen LogP contribution in [0.15, 0.2) is 110 Å². The van der Waals surface area contributed by atoms with Gasteiger partial charge in [0.2, 0.25) is 0 Å². The molecule has 0 unspecified atom stereocenters. The number of nitrogens with two attached hydrogens (primary N) is 1. The highest BCUT2D eigenvalue weighted by Crippen LogP contribution is 2.29. The Kier molecular flexibility index (Phi) is 6.59. The third-order valence-electron chi connectivity index (χ3n) is 6.08. The van der Waals surface area contributed by atoms with Gasteiger partial charge in [-0.3, -0.25) is 14.8 Å². The molecule has 0 atom stereocenters. The number of fused-ring (bicyclic) bond motifs is 1. The molecule has 0 radical (unpaired) electrons. The first-order valence-corrected chi connectivity index (χ1v) is 11.6. The van der Waals surface area contributed by atoms with E-state index in [9.17, 15) is 4.79 Å². The van der Waals surface area contributed by atoms with Crippen LogP contribution in [0.1, 0.15) is 27.2 Å². The van der Waals surface area contributed by atoms with Crippen molar-refractivity contribution in [2.75, 3.05) is 0 Å². The van der Waals surface area contributed by atoms with Gasteiger partial charge < -0.3 is 10.6 Å². The summed E-state index contributed by atoms with van der Waals surface area (Å²) in [7, 11) is 0. The fourth-order valence-electron chi connectivity index (χ4n) is 4.25. The van der Waals surface area contributed by atoms with Gasteiger partial charge in [-0.15, -0.1) is 0 Å². The Morgan fingerprint density at radius 1 is 0.800 bits per heavy atom. The number of carbonyl (C=O) groups is 1. The molecule has 0 saturated carbocycles. The minimum absolute atomic E-state index is 0.0897. The molecule has 0 spiro atoms. The Morgan fingerprint density at radius 3 is 2.37 bits per heavy atom. The average molecular weight is 459 g/mol. The van der Waals surface area contributed by atoms with Crippen LogP contribution in [0.2, 0.25) is 0 Å². The molecule has 2 aromatic heterocycles. The topological polar surface area (TPSA) is 72.1 Å². The maximum absolute atomic E-state index is 13.8. The predicted molar refractivity (Wildman–Crippen MR) is 139 cm³/mol. The van der Waals surface area contributed by atoms with Crippen LogP contribution in [0.25, 0.3) is 21.9 Å². The summed E-state index contributed by atoms with van der Waals surface area (Å²) in [6.45, 7) is 1.35. The van der Waals surface area contributed by atoms with E-state index in [1.807, 2.05) is 77.8 Å². The van der Waals surface area contributed by atoms with Crippen LogP contribution < -0.4 is 5.73 Å². The molecule has 5 heteroatoms. The number of aromatic nitrogens is 2. The molecule has 0 aliphatic carbocycles. The largest absolute Gasteiger partial charge is 0.328 e. The van der Waals surface area contributed by atoms with Crippen LogP contribution in [0.5, 0.6) is 0 Å². The summed E-state index contributed by atoms with van der Waals surface area (Å²) in [5.41, 5.74) is 11.2. The highest BCUT2D eigenvalue weighted by molar-refractivity contribution is 5.99. The molecular formula is C30H26N4O. The fourth-order valence-corrected chi connectivity index (χ4v) is 4.25. The van der Waals surface area contributed by atoms with E-state index in [1.54, 1.807) is 12.4 Å². The zero-order chi connectivity index (χ0) is 24.0. The summed E-state index contributed by atoms with van der Waals surface area (Å²) in [4.78, 5) is 24.4. The second kappa shape index (κ2) is 10.3. The van der Waals surface area contributed by atoms with Crippen molar-refractivity contribution in [1.29, 1.82) is 0 Å². The second-order valence-electron chi connectivity index (χ2n) is 8.49. The Labute approximate surface area is 204 Å². The molecule has 0 saturated heterocycles. The monoisotopic (exact) mass is 458 g/mol. The van der Waals surface area contributed by atoms with Gasteiger partial charge >= 0.3 is 0 Å². The molecule has 5 rings (SSSR count). The van der Waals surface area contributed by atoms with Gasteiger partial charge in [-0.2, -0.15) is 0 Å². The molecule has 2 N–H and O–H groups in total. The van der Waals surface area contributed by atoms with Crippen LogP contribution >= 0.6 is 0 Å². The van der Waals surface area contributed by atoms with E-state index in [0.717, 1.165) is 38.7 Å². The molecular weight excluding hydrogens is 432 g/mol. The third kappa shape index (κ3) is 5.10. The number of carbonyl (C=O) groups excluding carboxylic acids is 1. The zero-order valence-corrected chi connectivity index (χ0v) is 19.3. The van der Waals surface area contributed by atoms with Crippen molar-refractivity contribution in [3.8, 4) is 11.1 Å². The first-order valence-electron chi connectivity index (χ1n) is 11.6. The lowest BCUT2D eigenvalue weighted by molar-refractivity contribution is 0.0727. The lowest BCUT2D eigenvalue weighted by atomic mass is 9.98. The van der Waals surface area contributed by atoms with Crippen LogP contribution in [0, 0.1) is 0 Å². The summed E-state index contributed by atoms with van der Waals surface area (Å²) in [6.07, 6.45) is 5.20. The maximum Gasteiger partial charge on any atom is 0.256 e. The van der Waals surface area contributed by atoms with Gasteiger partial charge in [0.1, 0.15) is 0 Å². The van der Waals surface area contributed by atoms with Crippen LogP contribution in [-0.4, -0.2) is 20.8 Å². The van der Waals surface area contributed by atoms with E-state index in [4.69, 9.17) is 5.73 Å². The summed E-state index contributed by atoms with van der Waals surface area (Å²) in [5.74, 6) is -0.0897. The molecule has 0 fully saturated rings. The molecule has 0 aliphatic heterocycles. The van der Waals surface area contributed by atoms with Gasteiger partial charge in [0.05, 0.1) is 17.8 Å². The Bertz CT molecular complexity index is 1440. The first-order chi connectivity index (χ1) is 17.2. The van der Waals surface area contributed by atoms with Crippen molar-refractivity contribution in [2.24, 2.45) is 5.73 Å². The summed E-state index contributed by atoms with van der Waals surface area (Å²) >= 11 is 0. The molecule has 5 nitrogen and oxygen atoms in total. The van der Waals surface area contributed by atoms with Crippen molar-refractivity contribution >= 4 is 16.7 Å². The number of benzene rings is 3. The predicted octanol–water partition coefficient (Wildman–Crippen LogP) is 5.60. The normalized spacial score (nSPS) is 10.9. The first kappa shape index (κ1) is 22.4. The minimum atomic E-state index is -0.0897. The van der Waals surface area contributed by atoms with Gasteiger partial charge in [-0.1, -0.05) is 72.8 Å². The highest BCUT2D eigenvalue weighted by atomic mass is 16.2. The standard InChI is InChI=1S/C30H26N4O/c31-17-22-11-13-23(14-12-22)20-34(21-27-8-3-4-15-33-27)30(35)26-16-25(18-32-19-26)29-10-5-7-24-6-1-2-9-28(24)29/h1-16,18-19H,17,20-21,31H2. The average Bonchev–Trinajstić information content (AvgIpc) is 2.93. The third-order valence-corrected chi connectivity index (χ3v) is 6.08. The number of hydrogen-bond donors (Lipinski definition) is 1. The lowest BCUT2D eigenvalue weighted by Gasteiger charge is -2.23. The smallest absolute Gasteiger partial charge is 0.256 e. The Hall–Kier alpha value is -4.35. The molecule has 0 aliphatic rings. The molecule has 3 aromatic carbocycles. The highest BCUT2D eigenvalue weighted by Gasteiger charge is 2.19. The van der Waals surface area contributed by atoms with Gasteiger partial charge in [-0.05, 0) is 45.7 Å². The zero-order valence-electron chi connectivity index (χ0n) is 19.3. The SMILES string of the molecule is NCc1ccc(CN(Cc2ccccn2)C(=O)c2cncc(-c3cccc4ccccc34)c2)cc1. The Balaban J connectivity index is 1.48. The van der Waals surface area contributed by atoms with E-state index in [-0.39, 0.29) is 5.91 Å². The van der Waals surface area contributed by atoms with Gasteiger partial charge in [0.15, 0.2) is 0 Å². The molecule has 35 heavy (non-hydrogen) atoms. The van der Waals surface area contributed by atoms with Crippen LogP contribution in [0.3, 0.4) is 0 Å². The number of pyridine rings is 2. The van der Waals surface area contributed by atoms with Crippen molar-refractivity contribution in [1.82, 2.24) is 14.9 Å². The molecule has 172 valence electrons. The molecule has 0 bridgehead atoms. The van der Waals surface area contributed by atoms with Crippen LogP contribution in [-0.2, 0) is 19.6 Å². The van der Waals surface area contributed by atoms with Gasteiger partial charge in [0.25, 0.3) is 5.91 Å². The number of amides is 1. The number of rotatable bonds is 7. The van der Waals surface area contributed by atoms with Crippen molar-refractivity contribution in [3.05, 3.63) is 132 Å². The maximum atomic E-state index is 13.8. The van der Waals surface area contributed by atoms with E-state index in [2.05, 4.69) is 34.2 Å². The quantitative estimate of drug-likeness (QED) is 0.345. The van der Waals surface area contributed by atoms with E-state index < -0.39 is 0 Å². The summed E-state index contributed by atoms with van der Waals surface area (Å²) in [5, 5.41) is 2.28. The molecule has 2 heterocycles. The van der Waals surface area contributed by atoms with Crippen LogP contribution in [0.4, 0.5) is 0 Å². The van der Waals surface area contributed by atoms with E-state index >= 15 is 0 Å². The van der Waals surface area contributed by atoms with E-state index in [0.29, 0.717) is 25.2 Å². The number of nitrogens with zero attached hydrogens (tertiary/aromatic N) is 3. The lowest BCUT2D eigenvalue weighted by Crippen LogP contribution is -2.30. The van der Waals surface area contributed by atoms with Gasteiger partial charge in [0, 0.05) is 37.2 Å². The molecule has 5 aromatic rings. The summed E-state index contributed by atoms with van der Waals surface area (Å²) in [6, 6.07) is 30.1. The van der Waals surface area contributed by atoms with Crippen molar-refractivity contribution in [3.63, 3.8) is 0 Å². The minimum Gasteiger partial charge on any atom is -0.328 e. The van der Waals surface area contributed by atoms with Crippen molar-refractivity contribution in [2.45, 2.75) is 19.6 Å². The Morgan fingerprint density at radius 2 is 1.57 bits per heavy atom. The summed E-state index contributed by atoms with van der Waals surface area (Å²) < 4.78 is 0. The van der Waals surface area contributed by atoms with Gasteiger partial charge in [-0.25, -0.2) is 0 Å². The van der Waals surface area contributed by atoms with E-state index in [1.165, 1.54) is 0 Å². The number of hydrogen-bond acceptors (Lipinski definition) is 4. The second-order valence-corrected chi connectivity index (χ2v) is 8.49.